The Hall–Kier alpha value is -1.66. The van der Waals surface area contributed by atoms with E-state index in [9.17, 15) is 4.79 Å². The van der Waals surface area contributed by atoms with Crippen LogP contribution in [0.1, 0.15) is 10.4 Å². The Morgan fingerprint density at radius 3 is 2.61 bits per heavy atom. The molecule has 1 aliphatic rings. The number of methoxy groups -OCH3 is 1. The highest BCUT2D eigenvalue weighted by Gasteiger charge is 2.16. The van der Waals surface area contributed by atoms with Crippen LogP contribution in [0.4, 0.5) is 0 Å². The molecule has 18 heavy (non-hydrogen) atoms. The van der Waals surface area contributed by atoms with Crippen LogP contribution in [0.5, 0.6) is 5.88 Å². The quantitative estimate of drug-likeness (QED) is 0.817. The lowest BCUT2D eigenvalue weighted by molar-refractivity contribution is 0.0662. The molecule has 0 aliphatic carbocycles. The smallest absolute Gasteiger partial charge is 0.267 e. The molecule has 98 valence electrons. The number of piperazine rings is 1. The van der Waals surface area contributed by atoms with Gasteiger partial charge in [-0.2, -0.15) is 0 Å². The van der Waals surface area contributed by atoms with Crippen molar-refractivity contribution in [2.24, 2.45) is 0 Å². The van der Waals surface area contributed by atoms with Crippen LogP contribution < -0.4 is 10.2 Å². The van der Waals surface area contributed by atoms with Crippen molar-refractivity contribution < 1.29 is 9.53 Å². The first-order valence-electron chi connectivity index (χ1n) is 5.93. The van der Waals surface area contributed by atoms with Crippen LogP contribution in [0.15, 0.2) is 18.3 Å². The third-order valence-electron chi connectivity index (χ3n) is 2.97. The summed E-state index contributed by atoms with van der Waals surface area (Å²) in [6, 6.07) is 3.39. The van der Waals surface area contributed by atoms with E-state index < -0.39 is 0 Å². The van der Waals surface area contributed by atoms with Crippen LogP contribution in [-0.4, -0.2) is 61.1 Å². The Labute approximate surface area is 107 Å². The Kier molecular flexibility index (Phi) is 4.11. The highest BCUT2D eigenvalue weighted by atomic mass is 16.5. The molecule has 1 N–H and O–H groups in total. The van der Waals surface area contributed by atoms with E-state index in [-0.39, 0.29) is 5.91 Å². The summed E-state index contributed by atoms with van der Waals surface area (Å²) >= 11 is 0. The Balaban J connectivity index is 1.90. The standard InChI is InChI=1S/C12H18N4O2/c1-15-5-7-16(8-6-15)14-12(17)10-3-4-11(18-2)13-9-10/h3-4,9H,5-8H2,1-2H3,(H,14,17). The van der Waals surface area contributed by atoms with Crippen molar-refractivity contribution in [2.75, 3.05) is 40.3 Å². The number of hydrogen-bond donors (Lipinski definition) is 1. The van der Waals surface area contributed by atoms with E-state index in [1.807, 2.05) is 5.01 Å². The van der Waals surface area contributed by atoms with Crippen LogP contribution in [0.3, 0.4) is 0 Å². The molecule has 0 atom stereocenters. The van der Waals surface area contributed by atoms with Crippen molar-refractivity contribution in [1.29, 1.82) is 0 Å². The lowest BCUT2D eigenvalue weighted by Crippen LogP contribution is -2.52. The molecule has 2 rings (SSSR count). The van der Waals surface area contributed by atoms with Crippen LogP contribution in [0.25, 0.3) is 0 Å². The van der Waals surface area contributed by atoms with Gasteiger partial charge in [0, 0.05) is 38.4 Å². The van der Waals surface area contributed by atoms with E-state index in [2.05, 4.69) is 22.4 Å². The van der Waals surface area contributed by atoms with E-state index in [1.165, 1.54) is 6.20 Å². The van der Waals surface area contributed by atoms with Crippen molar-refractivity contribution in [3.8, 4) is 5.88 Å². The first kappa shape index (κ1) is 12.8. The maximum atomic E-state index is 11.9. The summed E-state index contributed by atoms with van der Waals surface area (Å²) in [5.74, 6) is 0.376. The lowest BCUT2D eigenvalue weighted by Gasteiger charge is -2.32. The van der Waals surface area contributed by atoms with Crippen LogP contribution in [-0.2, 0) is 0 Å². The van der Waals surface area contributed by atoms with Gasteiger partial charge in [0.15, 0.2) is 0 Å². The number of carbonyl (C=O) groups is 1. The average Bonchev–Trinajstić information content (AvgIpc) is 2.41. The Bertz CT molecular complexity index is 399. The van der Waals surface area contributed by atoms with E-state index in [4.69, 9.17) is 4.74 Å². The third-order valence-corrected chi connectivity index (χ3v) is 2.97. The summed E-state index contributed by atoms with van der Waals surface area (Å²) < 4.78 is 4.95. The summed E-state index contributed by atoms with van der Waals surface area (Å²) in [6.45, 7) is 3.60. The summed E-state index contributed by atoms with van der Waals surface area (Å²) in [5, 5.41) is 1.94. The van der Waals surface area contributed by atoms with Crippen molar-refractivity contribution >= 4 is 5.91 Å². The lowest BCUT2D eigenvalue weighted by atomic mass is 10.3. The highest BCUT2D eigenvalue weighted by Crippen LogP contribution is 2.07. The van der Waals surface area contributed by atoms with Gasteiger partial charge in [-0.05, 0) is 13.1 Å². The van der Waals surface area contributed by atoms with Gasteiger partial charge in [-0.15, -0.1) is 0 Å². The zero-order chi connectivity index (χ0) is 13.0. The molecule has 1 aliphatic heterocycles. The SMILES string of the molecule is COc1ccc(C(=O)NN2CCN(C)CC2)cn1. The number of rotatable bonds is 3. The monoisotopic (exact) mass is 250 g/mol. The average molecular weight is 250 g/mol. The van der Waals surface area contributed by atoms with Crippen molar-refractivity contribution in [3.63, 3.8) is 0 Å². The predicted octanol–water partition coefficient (Wildman–Crippen LogP) is -0.0176. The van der Waals surface area contributed by atoms with Crippen LogP contribution >= 0.6 is 0 Å². The van der Waals surface area contributed by atoms with Gasteiger partial charge in [-0.3, -0.25) is 10.2 Å². The second kappa shape index (κ2) is 5.79. The van der Waals surface area contributed by atoms with Crippen molar-refractivity contribution in [2.45, 2.75) is 0 Å². The predicted molar refractivity (Wildman–Crippen MR) is 67.3 cm³/mol. The number of aromatic nitrogens is 1. The number of pyridine rings is 1. The molecule has 6 heteroatoms. The number of likely N-dealkylation sites (N-methyl/N-ethyl adjacent to an activating group) is 1. The summed E-state index contributed by atoms with van der Waals surface area (Å²) in [5.41, 5.74) is 3.42. The van der Waals surface area contributed by atoms with Gasteiger partial charge < -0.3 is 9.64 Å². The minimum atomic E-state index is -0.130. The van der Waals surface area contributed by atoms with Gasteiger partial charge in [0.25, 0.3) is 5.91 Å². The maximum absolute atomic E-state index is 11.9. The number of carbonyl (C=O) groups excluding carboxylic acids is 1. The summed E-state index contributed by atoms with van der Waals surface area (Å²) in [4.78, 5) is 18.2. The Morgan fingerprint density at radius 1 is 1.33 bits per heavy atom. The minimum absolute atomic E-state index is 0.130. The molecule has 1 amide bonds. The van der Waals surface area contributed by atoms with Gasteiger partial charge in [-0.1, -0.05) is 0 Å². The summed E-state index contributed by atoms with van der Waals surface area (Å²) in [6.07, 6.45) is 1.52. The van der Waals surface area contributed by atoms with Crippen molar-refractivity contribution in [1.82, 2.24) is 20.3 Å². The molecule has 0 saturated carbocycles. The first-order valence-corrected chi connectivity index (χ1v) is 5.93. The van der Waals surface area contributed by atoms with Gasteiger partial charge >= 0.3 is 0 Å². The number of hydrogen-bond acceptors (Lipinski definition) is 5. The second-order valence-electron chi connectivity index (χ2n) is 4.32. The normalized spacial score (nSPS) is 17.4. The number of amides is 1. The van der Waals surface area contributed by atoms with E-state index in [0.29, 0.717) is 11.4 Å². The molecule has 0 unspecified atom stereocenters. The number of nitrogens with one attached hydrogen (secondary N) is 1. The second-order valence-corrected chi connectivity index (χ2v) is 4.32. The van der Waals surface area contributed by atoms with E-state index in [0.717, 1.165) is 26.2 Å². The fourth-order valence-electron chi connectivity index (χ4n) is 1.76. The van der Waals surface area contributed by atoms with E-state index >= 15 is 0 Å². The highest BCUT2D eigenvalue weighted by molar-refractivity contribution is 5.93. The van der Waals surface area contributed by atoms with Crippen LogP contribution in [0, 0.1) is 0 Å². The molecular weight excluding hydrogens is 232 g/mol. The largest absolute Gasteiger partial charge is 0.481 e. The fourth-order valence-corrected chi connectivity index (χ4v) is 1.76. The molecule has 1 saturated heterocycles. The molecule has 2 heterocycles. The van der Waals surface area contributed by atoms with Gasteiger partial charge in [0.05, 0.1) is 12.7 Å². The van der Waals surface area contributed by atoms with Gasteiger partial charge in [0.2, 0.25) is 5.88 Å². The topological polar surface area (TPSA) is 57.7 Å². The molecule has 0 bridgehead atoms. The zero-order valence-corrected chi connectivity index (χ0v) is 10.7. The summed E-state index contributed by atoms with van der Waals surface area (Å²) in [7, 11) is 3.62. The Morgan fingerprint density at radius 2 is 2.06 bits per heavy atom. The van der Waals surface area contributed by atoms with Crippen LogP contribution in [0.2, 0.25) is 0 Å². The molecular formula is C12H18N4O2. The molecule has 0 aromatic carbocycles. The third kappa shape index (κ3) is 3.18. The van der Waals surface area contributed by atoms with Gasteiger partial charge in [0.1, 0.15) is 0 Å². The van der Waals surface area contributed by atoms with E-state index in [1.54, 1.807) is 19.2 Å². The molecule has 0 radical (unpaired) electrons. The number of nitrogens with zero attached hydrogens (tertiary/aromatic N) is 3. The molecule has 6 nitrogen and oxygen atoms in total. The maximum Gasteiger partial charge on any atom is 0.267 e. The van der Waals surface area contributed by atoms with Gasteiger partial charge in [-0.25, -0.2) is 9.99 Å². The molecule has 1 fully saturated rings. The zero-order valence-electron chi connectivity index (χ0n) is 10.7. The molecule has 1 aromatic heterocycles. The molecule has 0 spiro atoms. The minimum Gasteiger partial charge on any atom is -0.481 e. The van der Waals surface area contributed by atoms with Crippen molar-refractivity contribution in [3.05, 3.63) is 23.9 Å². The fraction of sp³-hybridized carbons (Fsp3) is 0.500. The number of ether oxygens (including phenoxy) is 1. The molecule has 1 aromatic rings. The number of hydrazine groups is 1. The first-order chi connectivity index (χ1) is 8.69.